The third kappa shape index (κ3) is 3.08. The molecule has 2 N–H and O–H groups in total. The minimum absolute atomic E-state index is 0.139. The minimum Gasteiger partial charge on any atom is -0.396 e. The number of hydrogen-bond donors (Lipinski definition) is 1. The van der Waals surface area contributed by atoms with E-state index < -0.39 is 34.0 Å². The molecule has 1 aliphatic carbocycles. The summed E-state index contributed by atoms with van der Waals surface area (Å²) in [5, 5.41) is 0. The summed E-state index contributed by atoms with van der Waals surface area (Å²) in [4.78, 5) is 30.0. The third-order valence-electron chi connectivity index (χ3n) is 5.16. The summed E-state index contributed by atoms with van der Waals surface area (Å²) >= 11 is 0. The maximum atomic E-state index is 13.2. The van der Waals surface area contributed by atoms with Crippen molar-refractivity contribution in [3.63, 3.8) is 0 Å². The summed E-state index contributed by atoms with van der Waals surface area (Å²) in [5.41, 5.74) is 3.43. The summed E-state index contributed by atoms with van der Waals surface area (Å²) in [6, 6.07) is 0.805. The molecule has 0 aromatic carbocycles. The predicted octanol–water partition coefficient (Wildman–Crippen LogP) is 2.77. The van der Waals surface area contributed by atoms with Crippen molar-refractivity contribution in [1.82, 2.24) is 9.88 Å². The summed E-state index contributed by atoms with van der Waals surface area (Å²) in [7, 11) is 0. The Bertz CT molecular complexity index is 801. The first-order valence-corrected chi connectivity index (χ1v) is 8.29. The van der Waals surface area contributed by atoms with Gasteiger partial charge in [0, 0.05) is 36.3 Å². The number of Topliss-reactive ketones (excluding diaryl/α,β-unsaturated/α-hetero) is 1. The average Bonchev–Trinajstić information content (AvgIpc) is 2.94. The predicted molar refractivity (Wildman–Crippen MR) is 87.9 cm³/mol. The Balaban J connectivity index is 1.89. The highest BCUT2D eigenvalue weighted by Crippen LogP contribution is 2.47. The standard InChI is InChI=1S/C18H20F3N3O2/c1-16(2)9-17(7-13(22)14(16)25)4-6-24(10-17)15(26)11-8-23-5-3-12(11)18(19,20)21/h3,5,7-8H,4,6,9-10,22H2,1-2H3/t17-/m1/s1. The smallest absolute Gasteiger partial charge is 0.396 e. The Morgan fingerprint density at radius 1 is 1.35 bits per heavy atom. The zero-order chi connectivity index (χ0) is 19.3. The summed E-state index contributed by atoms with van der Waals surface area (Å²) in [6.07, 6.45) is 0.0788. The van der Waals surface area contributed by atoms with E-state index in [-0.39, 0.29) is 18.0 Å². The number of carbonyl (C=O) groups excluding carboxylic acids is 2. The van der Waals surface area contributed by atoms with Crippen LogP contribution in [0.4, 0.5) is 13.2 Å². The van der Waals surface area contributed by atoms with E-state index >= 15 is 0 Å². The molecule has 2 heterocycles. The molecule has 0 saturated carbocycles. The SMILES string of the molecule is CC1(C)C[C@]2(C=C(N)C1=O)CCN(C(=O)c1cnccc1C(F)(F)F)C2. The van der Waals surface area contributed by atoms with Gasteiger partial charge >= 0.3 is 6.18 Å². The maximum absolute atomic E-state index is 13.2. The van der Waals surface area contributed by atoms with Gasteiger partial charge in [0.1, 0.15) is 0 Å². The van der Waals surface area contributed by atoms with Crippen LogP contribution in [-0.4, -0.2) is 34.7 Å². The molecular weight excluding hydrogens is 347 g/mol. The van der Waals surface area contributed by atoms with Crippen LogP contribution in [0.25, 0.3) is 0 Å². The first-order chi connectivity index (χ1) is 12.0. The van der Waals surface area contributed by atoms with Gasteiger partial charge < -0.3 is 10.6 Å². The van der Waals surface area contributed by atoms with Crippen molar-refractivity contribution < 1.29 is 22.8 Å². The van der Waals surface area contributed by atoms with Gasteiger partial charge in [0.15, 0.2) is 5.78 Å². The highest BCUT2D eigenvalue weighted by molar-refractivity contribution is 6.00. The van der Waals surface area contributed by atoms with Gasteiger partial charge in [-0.2, -0.15) is 13.2 Å². The number of alkyl halides is 3. The molecule has 1 atom stereocenters. The molecular formula is C18H20F3N3O2. The van der Waals surface area contributed by atoms with Crippen LogP contribution < -0.4 is 5.73 Å². The topological polar surface area (TPSA) is 76.3 Å². The number of carbonyl (C=O) groups is 2. The Morgan fingerprint density at radius 2 is 2.04 bits per heavy atom. The monoisotopic (exact) mass is 367 g/mol. The fourth-order valence-corrected chi connectivity index (χ4v) is 4.11. The largest absolute Gasteiger partial charge is 0.417 e. The molecule has 1 aromatic rings. The quantitative estimate of drug-likeness (QED) is 0.828. The van der Waals surface area contributed by atoms with Crippen LogP contribution in [-0.2, 0) is 11.0 Å². The van der Waals surface area contributed by atoms with Crippen molar-refractivity contribution in [3.05, 3.63) is 41.4 Å². The molecule has 26 heavy (non-hydrogen) atoms. The van der Waals surface area contributed by atoms with Crippen molar-refractivity contribution in [2.75, 3.05) is 13.1 Å². The first kappa shape index (κ1) is 18.4. The average molecular weight is 367 g/mol. The number of hydrogen-bond acceptors (Lipinski definition) is 4. The molecule has 1 spiro atoms. The number of ketones is 1. The number of nitrogens with zero attached hydrogens (tertiary/aromatic N) is 2. The highest BCUT2D eigenvalue weighted by atomic mass is 19.4. The Morgan fingerprint density at radius 3 is 2.65 bits per heavy atom. The molecule has 2 aliphatic rings. The van der Waals surface area contributed by atoms with Crippen LogP contribution in [0.2, 0.25) is 0 Å². The number of likely N-dealkylation sites (tertiary alicyclic amines) is 1. The second-order valence-electron chi connectivity index (χ2n) is 7.75. The van der Waals surface area contributed by atoms with Gasteiger partial charge in [-0.25, -0.2) is 0 Å². The van der Waals surface area contributed by atoms with Crippen LogP contribution in [0.5, 0.6) is 0 Å². The van der Waals surface area contributed by atoms with E-state index in [1.165, 1.54) is 4.90 Å². The number of allylic oxidation sites excluding steroid dienone is 1. The Hall–Kier alpha value is -2.38. The lowest BCUT2D eigenvalue weighted by Crippen LogP contribution is -2.42. The van der Waals surface area contributed by atoms with Gasteiger partial charge in [0.25, 0.3) is 5.91 Å². The summed E-state index contributed by atoms with van der Waals surface area (Å²) in [6.45, 7) is 4.13. The van der Waals surface area contributed by atoms with Crippen LogP contribution in [0.1, 0.15) is 42.6 Å². The van der Waals surface area contributed by atoms with Crippen molar-refractivity contribution in [1.29, 1.82) is 0 Å². The van der Waals surface area contributed by atoms with E-state index in [0.717, 1.165) is 18.5 Å². The van der Waals surface area contributed by atoms with Crippen molar-refractivity contribution in [2.45, 2.75) is 32.9 Å². The molecule has 8 heteroatoms. The molecule has 140 valence electrons. The fourth-order valence-electron chi connectivity index (χ4n) is 4.11. The normalized spacial score (nSPS) is 25.5. The van der Waals surface area contributed by atoms with Gasteiger partial charge in [-0.3, -0.25) is 14.6 Å². The summed E-state index contributed by atoms with van der Waals surface area (Å²) < 4.78 is 39.5. The molecule has 3 rings (SSSR count). The number of halogens is 3. The lowest BCUT2D eigenvalue weighted by Gasteiger charge is -2.39. The van der Waals surface area contributed by atoms with Crippen LogP contribution >= 0.6 is 0 Å². The number of aromatic nitrogens is 1. The molecule has 1 amide bonds. The van der Waals surface area contributed by atoms with Crippen LogP contribution in [0, 0.1) is 10.8 Å². The Labute approximate surface area is 149 Å². The number of nitrogens with two attached hydrogens (primary N) is 1. The molecule has 1 aromatic heterocycles. The van der Waals surface area contributed by atoms with Gasteiger partial charge in [-0.1, -0.05) is 13.8 Å². The molecule has 0 bridgehead atoms. The van der Waals surface area contributed by atoms with Crippen LogP contribution in [0.3, 0.4) is 0 Å². The zero-order valence-corrected chi connectivity index (χ0v) is 14.6. The maximum Gasteiger partial charge on any atom is 0.417 e. The van der Waals surface area contributed by atoms with E-state index in [1.54, 1.807) is 19.9 Å². The number of rotatable bonds is 1. The fraction of sp³-hybridized carbons (Fsp3) is 0.500. The number of pyridine rings is 1. The Kier molecular flexibility index (Phi) is 4.12. The zero-order valence-electron chi connectivity index (χ0n) is 14.6. The van der Waals surface area contributed by atoms with Gasteiger partial charge in [-0.05, 0) is 25.0 Å². The van der Waals surface area contributed by atoms with Crippen molar-refractivity contribution >= 4 is 11.7 Å². The van der Waals surface area contributed by atoms with E-state index in [9.17, 15) is 22.8 Å². The van der Waals surface area contributed by atoms with Crippen LogP contribution in [0.15, 0.2) is 30.2 Å². The van der Waals surface area contributed by atoms with E-state index in [2.05, 4.69) is 4.98 Å². The van der Waals surface area contributed by atoms with Crippen molar-refractivity contribution in [2.24, 2.45) is 16.6 Å². The lowest BCUT2D eigenvalue weighted by molar-refractivity contribution is -0.138. The van der Waals surface area contributed by atoms with Gasteiger partial charge in [-0.15, -0.1) is 0 Å². The van der Waals surface area contributed by atoms with E-state index in [0.29, 0.717) is 19.4 Å². The van der Waals surface area contributed by atoms with E-state index in [1.807, 2.05) is 0 Å². The molecule has 0 unspecified atom stereocenters. The summed E-state index contributed by atoms with van der Waals surface area (Å²) in [5.74, 6) is -0.844. The number of amides is 1. The highest BCUT2D eigenvalue weighted by Gasteiger charge is 2.49. The van der Waals surface area contributed by atoms with Gasteiger partial charge in [0.05, 0.1) is 16.8 Å². The molecule has 1 fully saturated rings. The second kappa shape index (κ2) is 5.82. The molecule has 1 aliphatic heterocycles. The third-order valence-corrected chi connectivity index (χ3v) is 5.16. The van der Waals surface area contributed by atoms with E-state index in [4.69, 9.17) is 5.73 Å². The first-order valence-electron chi connectivity index (χ1n) is 8.29. The molecule has 1 saturated heterocycles. The van der Waals surface area contributed by atoms with Gasteiger partial charge in [0.2, 0.25) is 0 Å². The lowest BCUT2D eigenvalue weighted by atomic mass is 9.65. The molecule has 5 nitrogen and oxygen atoms in total. The molecule has 0 radical (unpaired) electrons. The van der Waals surface area contributed by atoms with Crippen molar-refractivity contribution in [3.8, 4) is 0 Å². The second-order valence-corrected chi connectivity index (χ2v) is 7.75. The minimum atomic E-state index is -4.63.